The van der Waals surface area contributed by atoms with E-state index in [1.807, 2.05) is 13.0 Å². The van der Waals surface area contributed by atoms with Crippen LogP contribution >= 0.6 is 15.9 Å². The molecule has 1 aliphatic carbocycles. The first-order chi connectivity index (χ1) is 8.37. The lowest BCUT2D eigenvalue weighted by Gasteiger charge is -2.19. The predicted octanol–water partition coefficient (Wildman–Crippen LogP) is 2.46. The Hall–Kier alpha value is -0.390. The Morgan fingerprint density at radius 3 is 2.89 bits per heavy atom. The van der Waals surface area contributed by atoms with Crippen molar-refractivity contribution < 1.29 is 8.42 Å². The molecule has 18 heavy (non-hydrogen) atoms. The Balaban J connectivity index is 2.08. The number of rotatable bonds is 4. The maximum absolute atomic E-state index is 11.3. The second-order valence-electron chi connectivity index (χ2n) is 5.06. The van der Waals surface area contributed by atoms with Gasteiger partial charge in [0.25, 0.3) is 0 Å². The van der Waals surface area contributed by atoms with Gasteiger partial charge in [-0.05, 0) is 37.0 Å². The molecule has 0 saturated carbocycles. The van der Waals surface area contributed by atoms with Crippen molar-refractivity contribution in [3.63, 3.8) is 0 Å². The zero-order chi connectivity index (χ0) is 13.3. The summed E-state index contributed by atoms with van der Waals surface area (Å²) in [6.45, 7) is 1.93. The van der Waals surface area contributed by atoms with E-state index in [1.165, 1.54) is 17.4 Å². The Morgan fingerprint density at radius 1 is 1.50 bits per heavy atom. The third-order valence-electron chi connectivity index (χ3n) is 3.25. The molecule has 0 saturated heterocycles. The van der Waals surface area contributed by atoms with E-state index in [0.717, 1.165) is 17.3 Å². The first kappa shape index (κ1) is 14.0. The molecule has 1 N–H and O–H groups in total. The molecule has 0 fully saturated rings. The van der Waals surface area contributed by atoms with Crippen LogP contribution in [0.4, 0.5) is 0 Å². The normalized spacial score (nSPS) is 20.7. The van der Waals surface area contributed by atoms with Gasteiger partial charge in [-0.1, -0.05) is 28.1 Å². The minimum atomic E-state index is -2.92. The number of sulfone groups is 1. The quantitative estimate of drug-likeness (QED) is 0.921. The zero-order valence-electron chi connectivity index (χ0n) is 10.6. The van der Waals surface area contributed by atoms with Crippen molar-refractivity contribution in [2.45, 2.75) is 31.8 Å². The average molecular weight is 332 g/mol. The third kappa shape index (κ3) is 3.33. The molecule has 1 aliphatic rings. The monoisotopic (exact) mass is 331 g/mol. The van der Waals surface area contributed by atoms with Crippen LogP contribution in [-0.2, 0) is 16.3 Å². The molecule has 0 aromatic heterocycles. The van der Waals surface area contributed by atoms with Crippen LogP contribution in [0.3, 0.4) is 0 Å². The molecule has 2 atom stereocenters. The Morgan fingerprint density at radius 2 is 2.22 bits per heavy atom. The van der Waals surface area contributed by atoms with Crippen molar-refractivity contribution in [1.82, 2.24) is 5.32 Å². The first-order valence-electron chi connectivity index (χ1n) is 6.08. The highest BCUT2D eigenvalue weighted by Gasteiger charge is 2.25. The number of benzene rings is 1. The zero-order valence-corrected chi connectivity index (χ0v) is 13.0. The van der Waals surface area contributed by atoms with Crippen LogP contribution in [0.25, 0.3) is 0 Å². The molecular formula is C13H18BrNO2S. The number of fused-ring (bicyclic) bond motifs is 1. The van der Waals surface area contributed by atoms with Crippen molar-refractivity contribution in [2.24, 2.45) is 0 Å². The van der Waals surface area contributed by atoms with E-state index in [-0.39, 0.29) is 17.8 Å². The van der Waals surface area contributed by atoms with Gasteiger partial charge in [-0.2, -0.15) is 0 Å². The lowest BCUT2D eigenvalue weighted by atomic mass is 10.1. The summed E-state index contributed by atoms with van der Waals surface area (Å²) in [5.41, 5.74) is 2.64. The van der Waals surface area contributed by atoms with Crippen molar-refractivity contribution >= 4 is 25.8 Å². The highest BCUT2D eigenvalue weighted by molar-refractivity contribution is 9.10. The van der Waals surface area contributed by atoms with E-state index < -0.39 is 9.84 Å². The molecule has 1 aromatic carbocycles. The van der Waals surface area contributed by atoms with Gasteiger partial charge in [0, 0.05) is 22.8 Å². The number of hydrogen-bond donors (Lipinski definition) is 1. The van der Waals surface area contributed by atoms with Crippen LogP contribution in [0.2, 0.25) is 0 Å². The fraction of sp³-hybridized carbons (Fsp3) is 0.538. The molecule has 0 bridgehead atoms. The van der Waals surface area contributed by atoms with Crippen molar-refractivity contribution in [3.05, 3.63) is 33.8 Å². The summed E-state index contributed by atoms with van der Waals surface area (Å²) in [5, 5.41) is 3.42. The van der Waals surface area contributed by atoms with Crippen molar-refractivity contribution in [1.29, 1.82) is 0 Å². The SMILES string of the molecule is CC(CS(C)(=O)=O)NC1CCc2c(Br)cccc21. The van der Waals surface area contributed by atoms with Crippen LogP contribution in [0.5, 0.6) is 0 Å². The van der Waals surface area contributed by atoms with Crippen LogP contribution in [0.15, 0.2) is 22.7 Å². The van der Waals surface area contributed by atoms with Gasteiger partial charge in [-0.3, -0.25) is 0 Å². The van der Waals surface area contributed by atoms with E-state index in [2.05, 4.69) is 33.4 Å². The molecule has 5 heteroatoms. The van der Waals surface area contributed by atoms with Gasteiger partial charge in [0.2, 0.25) is 0 Å². The number of nitrogens with one attached hydrogen (secondary N) is 1. The molecule has 0 aliphatic heterocycles. The highest BCUT2D eigenvalue weighted by atomic mass is 79.9. The predicted molar refractivity (Wildman–Crippen MR) is 77.5 cm³/mol. The lowest BCUT2D eigenvalue weighted by Crippen LogP contribution is -2.34. The second-order valence-corrected chi connectivity index (χ2v) is 8.10. The number of halogens is 1. The molecule has 3 nitrogen and oxygen atoms in total. The standard InChI is InChI=1S/C13H18BrNO2S/c1-9(8-18(2,16)17)15-13-7-6-10-11(13)4-3-5-12(10)14/h3-5,9,13,15H,6-8H2,1-2H3. The summed E-state index contributed by atoms with van der Waals surface area (Å²) in [5.74, 6) is 0.187. The second kappa shape index (κ2) is 5.31. The molecule has 0 heterocycles. The van der Waals surface area contributed by atoms with Gasteiger partial charge in [-0.25, -0.2) is 8.42 Å². The minimum Gasteiger partial charge on any atom is -0.306 e. The molecule has 1 aromatic rings. The molecule has 100 valence electrons. The fourth-order valence-electron chi connectivity index (χ4n) is 2.63. The molecule has 0 spiro atoms. The summed E-state index contributed by atoms with van der Waals surface area (Å²) < 4.78 is 23.7. The van der Waals surface area contributed by atoms with Crippen LogP contribution in [0, 0.1) is 0 Å². The molecule has 2 unspecified atom stereocenters. The van der Waals surface area contributed by atoms with Gasteiger partial charge in [0.05, 0.1) is 5.75 Å². The molecule has 0 radical (unpaired) electrons. The maximum Gasteiger partial charge on any atom is 0.148 e. The lowest BCUT2D eigenvalue weighted by molar-refractivity contribution is 0.472. The van der Waals surface area contributed by atoms with E-state index in [9.17, 15) is 8.42 Å². The summed E-state index contributed by atoms with van der Waals surface area (Å²) in [6, 6.07) is 6.47. The Labute approximate surface area is 117 Å². The fourth-order valence-corrected chi connectivity index (χ4v) is 4.21. The van der Waals surface area contributed by atoms with Crippen LogP contribution in [-0.4, -0.2) is 26.5 Å². The third-order valence-corrected chi connectivity index (χ3v) is 5.10. The van der Waals surface area contributed by atoms with Gasteiger partial charge < -0.3 is 5.32 Å². The number of hydrogen-bond acceptors (Lipinski definition) is 3. The van der Waals surface area contributed by atoms with Gasteiger partial charge in [0.1, 0.15) is 9.84 Å². The molecule has 0 amide bonds. The smallest absolute Gasteiger partial charge is 0.148 e. The first-order valence-corrected chi connectivity index (χ1v) is 8.93. The Kier molecular flexibility index (Phi) is 4.14. The summed E-state index contributed by atoms with van der Waals surface area (Å²) in [4.78, 5) is 0. The summed E-state index contributed by atoms with van der Waals surface area (Å²) in [6.07, 6.45) is 3.36. The van der Waals surface area contributed by atoms with Gasteiger partial charge in [-0.15, -0.1) is 0 Å². The largest absolute Gasteiger partial charge is 0.306 e. The molecular weight excluding hydrogens is 314 g/mol. The summed E-state index contributed by atoms with van der Waals surface area (Å²) >= 11 is 3.57. The van der Waals surface area contributed by atoms with Crippen LogP contribution < -0.4 is 5.32 Å². The molecule has 2 rings (SSSR count). The Bertz CT molecular complexity index is 542. The van der Waals surface area contributed by atoms with E-state index >= 15 is 0 Å². The topological polar surface area (TPSA) is 46.2 Å². The minimum absolute atomic E-state index is 0.0186. The van der Waals surface area contributed by atoms with Crippen molar-refractivity contribution in [3.8, 4) is 0 Å². The van der Waals surface area contributed by atoms with E-state index in [4.69, 9.17) is 0 Å². The van der Waals surface area contributed by atoms with Crippen LogP contribution in [0.1, 0.15) is 30.5 Å². The van der Waals surface area contributed by atoms with Crippen molar-refractivity contribution in [2.75, 3.05) is 12.0 Å². The van der Waals surface area contributed by atoms with Gasteiger partial charge in [0.15, 0.2) is 0 Å². The summed E-state index contributed by atoms with van der Waals surface area (Å²) in [7, 11) is -2.92. The highest BCUT2D eigenvalue weighted by Crippen LogP contribution is 2.35. The maximum atomic E-state index is 11.3. The van der Waals surface area contributed by atoms with E-state index in [1.54, 1.807) is 0 Å². The average Bonchev–Trinajstić information content (AvgIpc) is 2.60. The van der Waals surface area contributed by atoms with Gasteiger partial charge >= 0.3 is 0 Å². The van der Waals surface area contributed by atoms with E-state index in [0.29, 0.717) is 0 Å².